The van der Waals surface area contributed by atoms with E-state index in [1.54, 1.807) is 6.20 Å². The maximum atomic E-state index is 11.0. The zero-order valence-electron chi connectivity index (χ0n) is 9.19. The number of carboxylic acid groups (broad SMARTS) is 1. The van der Waals surface area contributed by atoms with Gasteiger partial charge in [0.1, 0.15) is 0 Å². The average molecular weight is 224 g/mol. The Morgan fingerprint density at radius 3 is 2.81 bits per heavy atom. The highest BCUT2D eigenvalue weighted by atomic mass is 16.4. The molecule has 1 aromatic heterocycles. The first-order chi connectivity index (χ1) is 7.58. The zero-order valence-corrected chi connectivity index (χ0v) is 9.19. The van der Waals surface area contributed by atoms with Gasteiger partial charge >= 0.3 is 5.97 Å². The third kappa shape index (κ3) is 4.63. The summed E-state index contributed by atoms with van der Waals surface area (Å²) in [5.74, 6) is -0.977. The molecular formula is C11H16N2O3. The number of hydrogen-bond donors (Lipinski definition) is 3. The molecule has 1 heterocycles. The molecule has 5 nitrogen and oxygen atoms in total. The van der Waals surface area contributed by atoms with E-state index in [4.69, 9.17) is 5.11 Å². The van der Waals surface area contributed by atoms with Crippen LogP contribution in [0.1, 0.15) is 25.3 Å². The number of aromatic amines is 1. The molecule has 1 rings (SSSR count). The van der Waals surface area contributed by atoms with Gasteiger partial charge in [0.2, 0.25) is 5.91 Å². The van der Waals surface area contributed by atoms with Crippen LogP contribution >= 0.6 is 0 Å². The molecule has 0 saturated heterocycles. The first-order valence-corrected chi connectivity index (χ1v) is 5.18. The van der Waals surface area contributed by atoms with Crippen molar-refractivity contribution in [2.45, 2.75) is 32.2 Å². The van der Waals surface area contributed by atoms with Gasteiger partial charge in [-0.3, -0.25) is 9.59 Å². The molecule has 0 aliphatic heterocycles. The van der Waals surface area contributed by atoms with Gasteiger partial charge in [0.05, 0.1) is 0 Å². The highest BCUT2D eigenvalue weighted by Gasteiger charge is 2.12. The minimum atomic E-state index is -0.843. The van der Waals surface area contributed by atoms with Crippen molar-refractivity contribution in [1.29, 1.82) is 0 Å². The molecule has 1 unspecified atom stereocenters. The fraction of sp³-hybridized carbons (Fsp3) is 0.455. The van der Waals surface area contributed by atoms with Crippen molar-refractivity contribution in [2.24, 2.45) is 0 Å². The minimum absolute atomic E-state index is 0.0649. The SMILES string of the molecule is CC(=O)NC(CCC(=O)O)Cc1cc[nH]c1. The molecule has 0 aliphatic rings. The van der Waals surface area contributed by atoms with E-state index >= 15 is 0 Å². The number of carboxylic acids is 1. The zero-order chi connectivity index (χ0) is 12.0. The lowest BCUT2D eigenvalue weighted by atomic mass is 10.0. The summed E-state index contributed by atoms with van der Waals surface area (Å²) in [4.78, 5) is 24.4. The molecule has 5 heteroatoms. The summed E-state index contributed by atoms with van der Waals surface area (Å²) in [5, 5.41) is 11.4. The third-order valence-electron chi connectivity index (χ3n) is 2.26. The highest BCUT2D eigenvalue weighted by molar-refractivity contribution is 5.73. The summed E-state index contributed by atoms with van der Waals surface area (Å²) in [6.07, 6.45) is 4.80. The highest BCUT2D eigenvalue weighted by Crippen LogP contribution is 2.07. The lowest BCUT2D eigenvalue weighted by Crippen LogP contribution is -2.35. The number of aliphatic carboxylic acids is 1. The number of nitrogens with one attached hydrogen (secondary N) is 2. The van der Waals surface area contributed by atoms with Crippen LogP contribution in [0.2, 0.25) is 0 Å². The maximum Gasteiger partial charge on any atom is 0.303 e. The van der Waals surface area contributed by atoms with Gasteiger partial charge in [-0.25, -0.2) is 0 Å². The number of rotatable bonds is 6. The van der Waals surface area contributed by atoms with Gasteiger partial charge in [0, 0.05) is 31.8 Å². The summed E-state index contributed by atoms with van der Waals surface area (Å²) < 4.78 is 0. The lowest BCUT2D eigenvalue weighted by Gasteiger charge is -2.16. The lowest BCUT2D eigenvalue weighted by molar-refractivity contribution is -0.137. The van der Waals surface area contributed by atoms with Crippen LogP contribution in [-0.2, 0) is 16.0 Å². The standard InChI is InChI=1S/C11H16N2O3/c1-8(14)13-10(2-3-11(15)16)6-9-4-5-12-7-9/h4-5,7,10,12H,2-3,6H2,1H3,(H,13,14)(H,15,16). The molecule has 0 aliphatic carbocycles. The molecule has 1 aromatic rings. The van der Waals surface area contributed by atoms with Crippen LogP contribution in [0, 0.1) is 0 Å². The first kappa shape index (κ1) is 12.3. The van der Waals surface area contributed by atoms with Crippen LogP contribution in [0.4, 0.5) is 0 Å². The Balaban J connectivity index is 2.49. The van der Waals surface area contributed by atoms with Crippen LogP contribution in [0.25, 0.3) is 0 Å². The smallest absolute Gasteiger partial charge is 0.303 e. The molecule has 1 atom stereocenters. The van der Waals surface area contributed by atoms with E-state index in [0.717, 1.165) is 5.56 Å². The summed E-state index contributed by atoms with van der Waals surface area (Å²) in [5.41, 5.74) is 1.06. The van der Waals surface area contributed by atoms with Crippen LogP contribution < -0.4 is 5.32 Å². The minimum Gasteiger partial charge on any atom is -0.481 e. The molecule has 0 aromatic carbocycles. The van der Waals surface area contributed by atoms with Crippen LogP contribution in [0.15, 0.2) is 18.5 Å². The second kappa shape index (κ2) is 5.95. The van der Waals surface area contributed by atoms with Gasteiger partial charge < -0.3 is 15.4 Å². The monoisotopic (exact) mass is 224 g/mol. The topological polar surface area (TPSA) is 82.2 Å². The maximum absolute atomic E-state index is 11.0. The molecule has 0 fully saturated rings. The summed E-state index contributed by atoms with van der Waals surface area (Å²) >= 11 is 0. The molecule has 0 radical (unpaired) electrons. The molecule has 0 bridgehead atoms. The van der Waals surface area contributed by atoms with Crippen molar-refractivity contribution in [3.63, 3.8) is 0 Å². The normalized spacial score (nSPS) is 12.1. The van der Waals surface area contributed by atoms with Gasteiger partial charge in [-0.05, 0) is 24.5 Å². The Morgan fingerprint density at radius 2 is 2.31 bits per heavy atom. The Morgan fingerprint density at radius 1 is 1.56 bits per heavy atom. The van der Waals surface area contributed by atoms with Gasteiger partial charge in [0.25, 0.3) is 0 Å². The van der Waals surface area contributed by atoms with E-state index in [1.807, 2.05) is 12.3 Å². The predicted octanol–water partition coefficient (Wildman–Crippen LogP) is 0.927. The van der Waals surface area contributed by atoms with Crippen molar-refractivity contribution in [2.75, 3.05) is 0 Å². The van der Waals surface area contributed by atoms with Gasteiger partial charge in [0.15, 0.2) is 0 Å². The Hall–Kier alpha value is -1.78. The van der Waals surface area contributed by atoms with E-state index in [9.17, 15) is 9.59 Å². The van der Waals surface area contributed by atoms with Crippen molar-refractivity contribution in [1.82, 2.24) is 10.3 Å². The molecule has 16 heavy (non-hydrogen) atoms. The first-order valence-electron chi connectivity index (χ1n) is 5.18. The second-order valence-corrected chi connectivity index (χ2v) is 3.75. The summed E-state index contributed by atoms with van der Waals surface area (Å²) in [6.45, 7) is 1.44. The van der Waals surface area contributed by atoms with Crippen LogP contribution in [0.3, 0.4) is 0 Å². The van der Waals surface area contributed by atoms with Crippen LogP contribution in [-0.4, -0.2) is 28.0 Å². The Bertz CT molecular complexity index is 346. The summed E-state index contributed by atoms with van der Waals surface area (Å²) in [6, 6.07) is 1.79. The van der Waals surface area contributed by atoms with Crippen molar-refractivity contribution in [3.8, 4) is 0 Å². The fourth-order valence-electron chi connectivity index (χ4n) is 1.58. The Kier molecular flexibility index (Phi) is 4.57. The predicted molar refractivity (Wildman–Crippen MR) is 59.0 cm³/mol. The number of H-pyrrole nitrogens is 1. The quantitative estimate of drug-likeness (QED) is 0.672. The van der Waals surface area contributed by atoms with Crippen molar-refractivity contribution < 1.29 is 14.7 Å². The van der Waals surface area contributed by atoms with E-state index in [0.29, 0.717) is 12.8 Å². The fourth-order valence-corrected chi connectivity index (χ4v) is 1.58. The van der Waals surface area contributed by atoms with Gasteiger partial charge in [-0.2, -0.15) is 0 Å². The van der Waals surface area contributed by atoms with Crippen molar-refractivity contribution >= 4 is 11.9 Å². The summed E-state index contributed by atoms with van der Waals surface area (Å²) in [7, 11) is 0. The molecular weight excluding hydrogens is 208 g/mol. The number of hydrogen-bond acceptors (Lipinski definition) is 2. The number of carbonyl (C=O) groups is 2. The van der Waals surface area contributed by atoms with E-state index in [2.05, 4.69) is 10.3 Å². The van der Waals surface area contributed by atoms with E-state index in [-0.39, 0.29) is 18.4 Å². The second-order valence-electron chi connectivity index (χ2n) is 3.75. The van der Waals surface area contributed by atoms with Crippen LogP contribution in [0.5, 0.6) is 0 Å². The Labute approximate surface area is 93.9 Å². The molecule has 1 amide bonds. The molecule has 0 saturated carbocycles. The molecule has 3 N–H and O–H groups in total. The average Bonchev–Trinajstić information content (AvgIpc) is 2.66. The van der Waals surface area contributed by atoms with E-state index in [1.165, 1.54) is 6.92 Å². The van der Waals surface area contributed by atoms with E-state index < -0.39 is 5.97 Å². The molecule has 0 spiro atoms. The van der Waals surface area contributed by atoms with Gasteiger partial charge in [-0.15, -0.1) is 0 Å². The largest absolute Gasteiger partial charge is 0.481 e. The number of amides is 1. The number of aromatic nitrogens is 1. The number of carbonyl (C=O) groups excluding carboxylic acids is 1. The van der Waals surface area contributed by atoms with Gasteiger partial charge in [-0.1, -0.05) is 0 Å². The third-order valence-corrected chi connectivity index (χ3v) is 2.26. The molecule has 88 valence electrons. The van der Waals surface area contributed by atoms with Crippen molar-refractivity contribution in [3.05, 3.63) is 24.0 Å².